The molecule has 0 aliphatic carbocycles. The number of carbonyl (C=O) groups excluding carboxylic acids is 2. The zero-order chi connectivity index (χ0) is 15.7. The van der Waals surface area contributed by atoms with Crippen LogP contribution in [0, 0.1) is 0 Å². The molecule has 0 aliphatic heterocycles. The van der Waals surface area contributed by atoms with E-state index in [1.165, 1.54) is 20.3 Å². The van der Waals surface area contributed by atoms with Gasteiger partial charge in [-0.3, -0.25) is 4.79 Å². The topological polar surface area (TPSA) is 73.9 Å². The van der Waals surface area contributed by atoms with Crippen LogP contribution in [-0.4, -0.2) is 33.3 Å². The van der Waals surface area contributed by atoms with Crippen molar-refractivity contribution in [2.24, 2.45) is 0 Å². The van der Waals surface area contributed by atoms with Gasteiger partial charge >= 0.3 is 11.9 Å². The van der Waals surface area contributed by atoms with E-state index in [4.69, 9.17) is 4.74 Å². The van der Waals surface area contributed by atoms with E-state index in [-0.39, 0.29) is 12.1 Å². The van der Waals surface area contributed by atoms with E-state index < -0.39 is 11.9 Å². The molecule has 21 heavy (non-hydrogen) atoms. The lowest BCUT2D eigenvalue weighted by molar-refractivity contribution is -0.139. The van der Waals surface area contributed by atoms with Crippen molar-refractivity contribution < 1.29 is 23.8 Å². The van der Waals surface area contributed by atoms with Crippen LogP contribution in [0.1, 0.15) is 12.0 Å². The van der Waals surface area contributed by atoms with Gasteiger partial charge in [-0.15, -0.1) is 0 Å². The lowest BCUT2D eigenvalue weighted by atomic mass is 10.2. The summed E-state index contributed by atoms with van der Waals surface area (Å²) < 4.78 is 14.3. The summed E-state index contributed by atoms with van der Waals surface area (Å²) in [5.41, 5.74) is 1.18. The van der Waals surface area contributed by atoms with Gasteiger partial charge in [0, 0.05) is 6.54 Å². The fourth-order valence-corrected chi connectivity index (χ4v) is 1.55. The van der Waals surface area contributed by atoms with Gasteiger partial charge < -0.3 is 19.5 Å². The Hall–Kier alpha value is -2.50. The Morgan fingerprint density at radius 3 is 2.29 bits per heavy atom. The number of esters is 2. The molecule has 0 amide bonds. The monoisotopic (exact) mass is 293 g/mol. The minimum atomic E-state index is -0.535. The third kappa shape index (κ3) is 5.56. The molecule has 0 atom stereocenters. The molecule has 0 spiro atoms. The highest BCUT2D eigenvalue weighted by atomic mass is 16.5. The third-order valence-electron chi connectivity index (χ3n) is 2.75. The predicted octanol–water partition coefficient (Wildman–Crippen LogP) is 1.40. The lowest BCUT2D eigenvalue weighted by Crippen LogP contribution is -2.21. The molecule has 0 bridgehead atoms. The molecular formula is C15H19NO5. The Bertz CT molecular complexity index is 507. The summed E-state index contributed by atoms with van der Waals surface area (Å²) in [4.78, 5) is 22.7. The van der Waals surface area contributed by atoms with Crippen LogP contribution in [0.5, 0.6) is 5.75 Å². The van der Waals surface area contributed by atoms with Gasteiger partial charge in [-0.1, -0.05) is 12.1 Å². The number of carbonyl (C=O) groups is 2. The zero-order valence-corrected chi connectivity index (χ0v) is 12.3. The summed E-state index contributed by atoms with van der Waals surface area (Å²) in [7, 11) is 4.17. The van der Waals surface area contributed by atoms with Crippen LogP contribution in [-0.2, 0) is 25.6 Å². The molecule has 0 heterocycles. The molecule has 0 aliphatic rings. The number of hydrogen-bond donors (Lipinski definition) is 1. The first-order chi connectivity index (χ1) is 10.1. The second kappa shape index (κ2) is 8.63. The van der Waals surface area contributed by atoms with Gasteiger partial charge in [0.25, 0.3) is 0 Å². The van der Waals surface area contributed by atoms with Crippen molar-refractivity contribution in [2.75, 3.05) is 21.3 Å². The van der Waals surface area contributed by atoms with Crippen LogP contribution in [0.4, 0.5) is 0 Å². The third-order valence-corrected chi connectivity index (χ3v) is 2.75. The van der Waals surface area contributed by atoms with E-state index >= 15 is 0 Å². The molecule has 1 rings (SSSR count). The van der Waals surface area contributed by atoms with Crippen LogP contribution < -0.4 is 10.1 Å². The minimum absolute atomic E-state index is 0.00343. The lowest BCUT2D eigenvalue weighted by Gasteiger charge is -2.10. The largest absolute Gasteiger partial charge is 0.497 e. The molecule has 0 saturated carbocycles. The number of nitrogens with one attached hydrogen (secondary N) is 1. The van der Waals surface area contributed by atoms with Crippen LogP contribution >= 0.6 is 0 Å². The smallest absolute Gasteiger partial charge is 0.353 e. The average Bonchev–Trinajstić information content (AvgIpc) is 2.54. The van der Waals surface area contributed by atoms with Crippen molar-refractivity contribution in [3.8, 4) is 5.75 Å². The maximum absolute atomic E-state index is 11.6. The molecule has 6 heteroatoms. The van der Waals surface area contributed by atoms with Gasteiger partial charge in [0.15, 0.2) is 0 Å². The molecule has 1 aromatic rings. The Morgan fingerprint density at radius 2 is 1.76 bits per heavy atom. The second-order valence-electron chi connectivity index (χ2n) is 4.09. The van der Waals surface area contributed by atoms with Gasteiger partial charge in [-0.2, -0.15) is 0 Å². The average molecular weight is 293 g/mol. The molecular weight excluding hydrogens is 274 g/mol. The number of methoxy groups -OCH3 is 3. The van der Waals surface area contributed by atoms with Crippen LogP contribution in [0.25, 0.3) is 0 Å². The van der Waals surface area contributed by atoms with Crippen molar-refractivity contribution in [1.29, 1.82) is 0 Å². The highest BCUT2D eigenvalue weighted by Gasteiger charge is 2.10. The summed E-state index contributed by atoms with van der Waals surface area (Å²) in [6, 6.07) is 7.40. The SMILES string of the molecule is COC(=O)C/C=C(\NCc1ccc(OC)cc1)C(=O)OC. The summed E-state index contributed by atoms with van der Waals surface area (Å²) in [6.45, 7) is 0.423. The number of ether oxygens (including phenoxy) is 3. The van der Waals surface area contributed by atoms with Crippen LogP contribution in [0.2, 0.25) is 0 Å². The molecule has 1 N–H and O–H groups in total. The highest BCUT2D eigenvalue weighted by Crippen LogP contribution is 2.11. The molecule has 6 nitrogen and oxygen atoms in total. The molecule has 0 saturated heterocycles. The van der Waals surface area contributed by atoms with E-state index in [1.807, 2.05) is 24.3 Å². The van der Waals surface area contributed by atoms with Gasteiger partial charge in [0.1, 0.15) is 11.4 Å². The van der Waals surface area contributed by atoms with Gasteiger partial charge in [0.2, 0.25) is 0 Å². The van der Waals surface area contributed by atoms with Crippen molar-refractivity contribution in [1.82, 2.24) is 5.32 Å². The molecule has 0 unspecified atom stereocenters. The maximum Gasteiger partial charge on any atom is 0.353 e. The van der Waals surface area contributed by atoms with Gasteiger partial charge in [-0.05, 0) is 23.8 Å². The number of benzene rings is 1. The van der Waals surface area contributed by atoms with E-state index in [0.29, 0.717) is 6.54 Å². The molecule has 1 aromatic carbocycles. The zero-order valence-electron chi connectivity index (χ0n) is 12.3. The Labute approximate surface area is 123 Å². The van der Waals surface area contributed by atoms with Crippen molar-refractivity contribution in [2.45, 2.75) is 13.0 Å². The normalized spacial score (nSPS) is 10.7. The van der Waals surface area contributed by atoms with E-state index in [9.17, 15) is 9.59 Å². The summed E-state index contributed by atoms with van der Waals surface area (Å²) in [5, 5.41) is 2.94. The predicted molar refractivity (Wildman–Crippen MR) is 76.6 cm³/mol. The molecule has 0 aromatic heterocycles. The quantitative estimate of drug-likeness (QED) is 0.605. The Balaban J connectivity index is 2.67. The summed E-state index contributed by atoms with van der Waals surface area (Å²) in [6.07, 6.45) is 1.44. The first-order valence-corrected chi connectivity index (χ1v) is 6.32. The number of hydrogen-bond acceptors (Lipinski definition) is 6. The van der Waals surface area contributed by atoms with E-state index in [0.717, 1.165) is 11.3 Å². The van der Waals surface area contributed by atoms with Gasteiger partial charge in [-0.25, -0.2) is 4.79 Å². The van der Waals surface area contributed by atoms with Gasteiger partial charge in [0.05, 0.1) is 27.8 Å². The second-order valence-corrected chi connectivity index (χ2v) is 4.09. The Kier molecular flexibility index (Phi) is 6.80. The van der Waals surface area contributed by atoms with Crippen LogP contribution in [0.15, 0.2) is 36.0 Å². The molecule has 0 fully saturated rings. The fraction of sp³-hybridized carbons (Fsp3) is 0.333. The molecule has 0 radical (unpaired) electrons. The first kappa shape index (κ1) is 16.6. The maximum atomic E-state index is 11.6. The van der Waals surface area contributed by atoms with Crippen LogP contribution in [0.3, 0.4) is 0 Å². The van der Waals surface area contributed by atoms with E-state index in [1.54, 1.807) is 7.11 Å². The van der Waals surface area contributed by atoms with Crippen molar-refractivity contribution >= 4 is 11.9 Å². The molecule has 114 valence electrons. The minimum Gasteiger partial charge on any atom is -0.497 e. The van der Waals surface area contributed by atoms with Crippen molar-refractivity contribution in [3.05, 3.63) is 41.6 Å². The Morgan fingerprint density at radius 1 is 1.10 bits per heavy atom. The summed E-state index contributed by atoms with van der Waals surface area (Å²) >= 11 is 0. The number of rotatable bonds is 7. The van der Waals surface area contributed by atoms with Crippen molar-refractivity contribution in [3.63, 3.8) is 0 Å². The first-order valence-electron chi connectivity index (χ1n) is 6.32. The standard InChI is InChI=1S/C15H19NO5/c1-19-12-6-4-11(5-7-12)10-16-13(15(18)21-3)8-9-14(17)20-2/h4-8,16H,9-10H2,1-3H3/b13-8-. The fourth-order valence-electron chi connectivity index (χ4n) is 1.55. The van der Waals surface area contributed by atoms with E-state index in [2.05, 4.69) is 14.8 Å². The highest BCUT2D eigenvalue weighted by molar-refractivity contribution is 5.88. The summed E-state index contributed by atoms with van der Waals surface area (Å²) in [5.74, 6) is -0.205.